The van der Waals surface area contributed by atoms with E-state index in [1.54, 1.807) is 12.1 Å². The molecule has 4 nitrogen and oxygen atoms in total. The summed E-state index contributed by atoms with van der Waals surface area (Å²) in [5.41, 5.74) is 2.38. The molecule has 0 aromatic heterocycles. The van der Waals surface area contributed by atoms with Crippen LogP contribution in [0.15, 0.2) is 54.6 Å². The largest absolute Gasteiger partial charge is 0.352 e. The van der Waals surface area contributed by atoms with Gasteiger partial charge in [-0.2, -0.15) is 0 Å². The Labute approximate surface area is 198 Å². The molecular formula is C28H38FN3O. The van der Waals surface area contributed by atoms with E-state index in [9.17, 15) is 9.18 Å². The highest BCUT2D eigenvalue weighted by molar-refractivity contribution is 5.82. The minimum absolute atomic E-state index is 0.139. The summed E-state index contributed by atoms with van der Waals surface area (Å²) in [6.07, 6.45) is 3.09. The van der Waals surface area contributed by atoms with Crippen LogP contribution >= 0.6 is 0 Å². The van der Waals surface area contributed by atoms with Gasteiger partial charge in [-0.25, -0.2) is 4.39 Å². The minimum Gasteiger partial charge on any atom is -0.352 e. The molecule has 178 valence electrons. The molecular weight excluding hydrogens is 413 g/mol. The number of likely N-dealkylation sites (tertiary alicyclic amines) is 1. The third-order valence-electron chi connectivity index (χ3n) is 7.38. The van der Waals surface area contributed by atoms with Gasteiger partial charge in [-0.15, -0.1) is 0 Å². The fourth-order valence-corrected chi connectivity index (χ4v) is 5.71. The maximum absolute atomic E-state index is 13.5. The van der Waals surface area contributed by atoms with E-state index in [2.05, 4.69) is 59.3 Å². The van der Waals surface area contributed by atoms with E-state index in [0.29, 0.717) is 24.3 Å². The molecule has 1 aliphatic heterocycles. The zero-order valence-corrected chi connectivity index (χ0v) is 20.2. The molecule has 0 spiro atoms. The lowest BCUT2D eigenvalue weighted by molar-refractivity contribution is -0.127. The van der Waals surface area contributed by atoms with E-state index in [1.807, 2.05) is 7.05 Å². The van der Waals surface area contributed by atoms with Gasteiger partial charge in [0.2, 0.25) is 5.91 Å². The van der Waals surface area contributed by atoms with Crippen LogP contribution in [0.4, 0.5) is 4.39 Å². The highest BCUT2D eigenvalue weighted by Crippen LogP contribution is 2.38. The topological polar surface area (TPSA) is 35.6 Å². The molecule has 1 heterocycles. The van der Waals surface area contributed by atoms with Crippen LogP contribution in [-0.2, 0) is 17.9 Å². The van der Waals surface area contributed by atoms with Crippen LogP contribution in [0.1, 0.15) is 44.2 Å². The zero-order chi connectivity index (χ0) is 23.4. The van der Waals surface area contributed by atoms with Gasteiger partial charge in [-0.1, -0.05) is 56.3 Å². The second-order valence-electron chi connectivity index (χ2n) is 10.5. The molecule has 1 saturated heterocycles. The number of nitrogens with zero attached hydrogens (tertiary/aromatic N) is 2. The predicted molar refractivity (Wildman–Crippen MR) is 131 cm³/mol. The summed E-state index contributed by atoms with van der Waals surface area (Å²) < 4.78 is 13.3. The standard InChI is InChI=1S/C28H38FN3O/c1-20(2)15-27(31(3)16-22-9-12-24(29)13-10-22)28(33)30-26-14-11-23-18-32(19-25(23)26)17-21-7-5-4-6-8-21/h4-10,12-13,20,23,25-27H,11,14-19H2,1-3H3,(H,30,33)/t23-,25+,26+,27-/m0/s1. The van der Waals surface area contributed by atoms with Gasteiger partial charge in [0.25, 0.3) is 0 Å². The minimum atomic E-state index is -0.230. The normalized spacial score (nSPS) is 23.8. The summed E-state index contributed by atoms with van der Waals surface area (Å²) in [6.45, 7) is 8.14. The molecule has 5 heteroatoms. The van der Waals surface area contributed by atoms with E-state index in [0.717, 1.165) is 38.0 Å². The first-order valence-electron chi connectivity index (χ1n) is 12.4. The first kappa shape index (κ1) is 23.9. The Morgan fingerprint density at radius 1 is 1.06 bits per heavy atom. The monoisotopic (exact) mass is 451 g/mol. The molecule has 2 aliphatic rings. The molecule has 0 radical (unpaired) electrons. The van der Waals surface area contributed by atoms with Crippen LogP contribution in [0, 0.1) is 23.6 Å². The van der Waals surface area contributed by atoms with Crippen LogP contribution in [0.2, 0.25) is 0 Å². The van der Waals surface area contributed by atoms with Crippen molar-refractivity contribution in [2.24, 2.45) is 17.8 Å². The van der Waals surface area contributed by atoms with Crippen molar-refractivity contribution in [3.63, 3.8) is 0 Å². The summed E-state index contributed by atoms with van der Waals surface area (Å²) in [5.74, 6) is 1.55. The lowest BCUT2D eigenvalue weighted by Gasteiger charge is -2.31. The van der Waals surface area contributed by atoms with Crippen molar-refractivity contribution < 1.29 is 9.18 Å². The molecule has 2 aromatic carbocycles. The molecule has 1 saturated carbocycles. The summed E-state index contributed by atoms with van der Waals surface area (Å²) in [4.78, 5) is 18.1. The fraction of sp³-hybridized carbons (Fsp3) is 0.536. The van der Waals surface area contributed by atoms with E-state index in [1.165, 1.54) is 24.1 Å². The lowest BCUT2D eigenvalue weighted by Crippen LogP contribution is -2.50. The molecule has 33 heavy (non-hydrogen) atoms. The maximum Gasteiger partial charge on any atom is 0.237 e. The fourth-order valence-electron chi connectivity index (χ4n) is 5.71. The molecule has 2 aromatic rings. The number of amides is 1. The van der Waals surface area contributed by atoms with Crippen molar-refractivity contribution in [2.45, 2.75) is 58.3 Å². The SMILES string of the molecule is CC(C)C[C@@H](C(=O)N[C@@H]1CC[C@H]2CN(Cc3ccccc3)C[C@H]21)N(C)Cc1ccc(F)cc1. The quantitative estimate of drug-likeness (QED) is 0.600. The van der Waals surface area contributed by atoms with Crippen molar-refractivity contribution in [2.75, 3.05) is 20.1 Å². The number of benzene rings is 2. The Morgan fingerprint density at radius 2 is 1.79 bits per heavy atom. The number of nitrogens with one attached hydrogen (secondary N) is 1. The first-order valence-corrected chi connectivity index (χ1v) is 12.4. The predicted octanol–water partition coefficient (Wildman–Crippen LogP) is 4.70. The van der Waals surface area contributed by atoms with Gasteiger partial charge in [0.1, 0.15) is 5.82 Å². The Balaban J connectivity index is 1.36. The zero-order valence-electron chi connectivity index (χ0n) is 20.2. The summed E-state index contributed by atoms with van der Waals surface area (Å²) >= 11 is 0. The number of carbonyl (C=O) groups is 1. The number of halogens is 1. The second kappa shape index (κ2) is 10.8. The van der Waals surface area contributed by atoms with E-state index >= 15 is 0 Å². The van der Waals surface area contributed by atoms with Gasteiger partial charge < -0.3 is 5.32 Å². The third-order valence-corrected chi connectivity index (χ3v) is 7.38. The van der Waals surface area contributed by atoms with Gasteiger partial charge in [-0.3, -0.25) is 14.6 Å². The maximum atomic E-state index is 13.5. The van der Waals surface area contributed by atoms with Crippen LogP contribution in [0.25, 0.3) is 0 Å². The van der Waals surface area contributed by atoms with Gasteiger partial charge in [0.15, 0.2) is 0 Å². The van der Waals surface area contributed by atoms with Gasteiger partial charge >= 0.3 is 0 Å². The van der Waals surface area contributed by atoms with E-state index in [4.69, 9.17) is 0 Å². The number of carbonyl (C=O) groups excluding carboxylic acids is 1. The molecule has 0 unspecified atom stereocenters. The van der Waals surface area contributed by atoms with Gasteiger partial charge in [0, 0.05) is 32.2 Å². The van der Waals surface area contributed by atoms with Crippen molar-refractivity contribution in [1.82, 2.24) is 15.1 Å². The van der Waals surface area contributed by atoms with Gasteiger partial charge in [-0.05, 0) is 67.3 Å². The molecule has 2 fully saturated rings. The number of likely N-dealkylation sites (N-methyl/N-ethyl adjacent to an activating group) is 1. The Bertz CT molecular complexity index is 901. The average molecular weight is 452 g/mol. The Morgan fingerprint density at radius 3 is 2.48 bits per heavy atom. The summed E-state index contributed by atoms with van der Waals surface area (Å²) in [7, 11) is 2.00. The van der Waals surface area contributed by atoms with Crippen LogP contribution < -0.4 is 5.32 Å². The summed E-state index contributed by atoms with van der Waals surface area (Å²) in [6, 6.07) is 17.3. The average Bonchev–Trinajstić information content (AvgIpc) is 3.35. The highest BCUT2D eigenvalue weighted by atomic mass is 19.1. The highest BCUT2D eigenvalue weighted by Gasteiger charge is 2.43. The Hall–Kier alpha value is -2.24. The molecule has 0 bridgehead atoms. The molecule has 1 amide bonds. The Kier molecular flexibility index (Phi) is 7.82. The van der Waals surface area contributed by atoms with E-state index < -0.39 is 0 Å². The van der Waals surface area contributed by atoms with Crippen molar-refractivity contribution in [3.05, 3.63) is 71.5 Å². The third kappa shape index (κ3) is 6.21. The number of fused-ring (bicyclic) bond motifs is 1. The van der Waals surface area contributed by atoms with Gasteiger partial charge in [0.05, 0.1) is 6.04 Å². The number of hydrogen-bond acceptors (Lipinski definition) is 3. The number of rotatable bonds is 9. The van der Waals surface area contributed by atoms with Crippen molar-refractivity contribution in [1.29, 1.82) is 0 Å². The van der Waals surface area contributed by atoms with Crippen LogP contribution in [0.5, 0.6) is 0 Å². The van der Waals surface area contributed by atoms with Crippen LogP contribution in [0.3, 0.4) is 0 Å². The smallest absolute Gasteiger partial charge is 0.237 e. The van der Waals surface area contributed by atoms with E-state index in [-0.39, 0.29) is 23.8 Å². The van der Waals surface area contributed by atoms with Crippen molar-refractivity contribution in [3.8, 4) is 0 Å². The second-order valence-corrected chi connectivity index (χ2v) is 10.5. The molecule has 4 rings (SSSR count). The number of hydrogen-bond donors (Lipinski definition) is 1. The molecule has 4 atom stereocenters. The lowest BCUT2D eigenvalue weighted by atomic mass is 9.96. The van der Waals surface area contributed by atoms with Crippen LogP contribution in [-0.4, -0.2) is 47.9 Å². The molecule has 1 N–H and O–H groups in total. The molecule has 1 aliphatic carbocycles. The summed E-state index contributed by atoms with van der Waals surface area (Å²) in [5, 5.41) is 3.45. The van der Waals surface area contributed by atoms with Crippen molar-refractivity contribution >= 4 is 5.91 Å². The first-order chi connectivity index (χ1) is 15.9.